The van der Waals surface area contributed by atoms with E-state index in [1.54, 1.807) is 0 Å². The number of carbonyl (C=O) groups excluding carboxylic acids is 1. The molecule has 3 aliphatic rings. The van der Waals surface area contributed by atoms with Gasteiger partial charge in [-0.3, -0.25) is 4.79 Å². The van der Waals surface area contributed by atoms with Gasteiger partial charge in [-0.15, -0.1) is 0 Å². The molecule has 156 valence electrons. The van der Waals surface area contributed by atoms with Gasteiger partial charge in [0, 0.05) is 25.3 Å². The molecule has 0 atom stereocenters. The molecule has 3 heterocycles. The number of nitrogens with one attached hydrogen (secondary N) is 2. The third-order valence-corrected chi connectivity index (χ3v) is 6.57. The number of fused-ring (bicyclic) bond motifs is 1. The molecule has 7 nitrogen and oxygen atoms in total. The first-order valence-corrected chi connectivity index (χ1v) is 10.6. The Kier molecular flexibility index (Phi) is 4.86. The summed E-state index contributed by atoms with van der Waals surface area (Å²) in [6.45, 7) is 2.92. The molecule has 1 spiro atoms. The van der Waals surface area contributed by atoms with Crippen molar-refractivity contribution in [2.45, 2.75) is 24.9 Å². The predicted molar refractivity (Wildman–Crippen MR) is 117 cm³/mol. The molecule has 1 amide bonds. The van der Waals surface area contributed by atoms with Crippen molar-refractivity contribution in [1.82, 2.24) is 15.5 Å². The molecule has 2 aromatic rings. The van der Waals surface area contributed by atoms with E-state index >= 15 is 0 Å². The summed E-state index contributed by atoms with van der Waals surface area (Å²) >= 11 is 5.63. The van der Waals surface area contributed by atoms with Crippen LogP contribution in [-0.4, -0.2) is 48.0 Å². The normalized spacial score (nSPS) is 19.1. The number of ether oxygens (including phenoxy) is 2. The Morgan fingerprint density at radius 2 is 1.87 bits per heavy atom. The van der Waals surface area contributed by atoms with Crippen LogP contribution in [0.3, 0.4) is 0 Å². The lowest BCUT2D eigenvalue weighted by Crippen LogP contribution is -2.58. The van der Waals surface area contributed by atoms with Crippen LogP contribution in [0.1, 0.15) is 18.4 Å². The second-order valence-electron chi connectivity index (χ2n) is 7.79. The van der Waals surface area contributed by atoms with Crippen LogP contribution in [0, 0.1) is 0 Å². The van der Waals surface area contributed by atoms with E-state index in [0.717, 1.165) is 48.7 Å². The third-order valence-electron chi connectivity index (χ3n) is 6.16. The number of para-hydroxylation sites is 1. The summed E-state index contributed by atoms with van der Waals surface area (Å²) < 4.78 is 10.8. The van der Waals surface area contributed by atoms with Crippen molar-refractivity contribution in [2.75, 3.05) is 31.5 Å². The van der Waals surface area contributed by atoms with Crippen molar-refractivity contribution < 1.29 is 14.3 Å². The standard InChI is InChI=1S/C22H24N4O3S/c27-20-22(26(14-24-20)17-4-2-1-3-5-17)8-10-25(11-9-22)21(30)23-13-16-6-7-18-19(12-16)29-15-28-18/h1-7,12H,8-11,13-15H2,(H,23,30)(H,24,27). The number of hydrogen-bond donors (Lipinski definition) is 2. The van der Waals surface area contributed by atoms with E-state index in [1.165, 1.54) is 0 Å². The highest BCUT2D eigenvalue weighted by molar-refractivity contribution is 7.80. The minimum atomic E-state index is -0.495. The summed E-state index contributed by atoms with van der Waals surface area (Å²) in [4.78, 5) is 17.1. The molecule has 2 N–H and O–H groups in total. The number of rotatable bonds is 3. The van der Waals surface area contributed by atoms with Gasteiger partial charge in [0.25, 0.3) is 0 Å². The Morgan fingerprint density at radius 3 is 2.67 bits per heavy atom. The lowest BCUT2D eigenvalue weighted by molar-refractivity contribution is -0.124. The van der Waals surface area contributed by atoms with Gasteiger partial charge in [0.15, 0.2) is 16.6 Å². The highest BCUT2D eigenvalue weighted by Gasteiger charge is 2.50. The summed E-state index contributed by atoms with van der Waals surface area (Å²) in [5.74, 6) is 1.67. The lowest BCUT2D eigenvalue weighted by Gasteiger charge is -2.44. The molecular weight excluding hydrogens is 400 g/mol. The largest absolute Gasteiger partial charge is 0.454 e. The summed E-state index contributed by atoms with van der Waals surface area (Å²) in [7, 11) is 0. The monoisotopic (exact) mass is 424 g/mol. The fraction of sp³-hybridized carbons (Fsp3) is 0.364. The summed E-state index contributed by atoms with van der Waals surface area (Å²) in [5, 5.41) is 7.09. The van der Waals surface area contributed by atoms with E-state index in [9.17, 15) is 4.79 Å². The maximum absolute atomic E-state index is 12.8. The molecule has 0 unspecified atom stereocenters. The van der Waals surface area contributed by atoms with Crippen molar-refractivity contribution >= 4 is 28.9 Å². The third kappa shape index (κ3) is 3.31. The van der Waals surface area contributed by atoms with Crippen molar-refractivity contribution in [1.29, 1.82) is 0 Å². The second-order valence-corrected chi connectivity index (χ2v) is 8.18. The van der Waals surface area contributed by atoms with Gasteiger partial charge in [0.05, 0.1) is 6.67 Å². The maximum Gasteiger partial charge on any atom is 0.247 e. The van der Waals surface area contributed by atoms with Crippen LogP contribution >= 0.6 is 12.2 Å². The van der Waals surface area contributed by atoms with E-state index in [-0.39, 0.29) is 12.7 Å². The minimum absolute atomic E-state index is 0.116. The number of carbonyl (C=O) groups is 1. The number of anilines is 1. The van der Waals surface area contributed by atoms with Crippen LogP contribution in [0.5, 0.6) is 11.5 Å². The Bertz CT molecular complexity index is 960. The Morgan fingerprint density at radius 1 is 1.10 bits per heavy atom. The van der Waals surface area contributed by atoms with Gasteiger partial charge < -0.3 is 29.9 Å². The maximum atomic E-state index is 12.8. The molecule has 0 aromatic heterocycles. The highest BCUT2D eigenvalue weighted by atomic mass is 32.1. The average molecular weight is 425 g/mol. The molecule has 30 heavy (non-hydrogen) atoms. The van der Waals surface area contributed by atoms with Crippen LogP contribution in [0.2, 0.25) is 0 Å². The van der Waals surface area contributed by atoms with Gasteiger partial charge in [-0.05, 0) is 54.9 Å². The molecule has 2 aromatic carbocycles. The first-order chi connectivity index (χ1) is 14.7. The number of likely N-dealkylation sites (tertiary alicyclic amines) is 1. The van der Waals surface area contributed by atoms with Gasteiger partial charge in [-0.2, -0.15) is 0 Å². The SMILES string of the molecule is O=C1NCN(c2ccccc2)C12CCN(C(=S)NCc1ccc3c(c1)OCO3)CC2. The number of benzene rings is 2. The zero-order valence-corrected chi connectivity index (χ0v) is 17.4. The van der Waals surface area contributed by atoms with Crippen LogP contribution in [0.15, 0.2) is 48.5 Å². The molecule has 2 fully saturated rings. The van der Waals surface area contributed by atoms with Gasteiger partial charge >= 0.3 is 0 Å². The topological polar surface area (TPSA) is 66.1 Å². The summed E-state index contributed by atoms with van der Waals surface area (Å²) in [6, 6.07) is 16.0. The number of thiocarbonyl (C=S) groups is 1. The Balaban J connectivity index is 1.21. The molecule has 0 bridgehead atoms. The molecular formula is C22H24N4O3S. The zero-order chi connectivity index (χ0) is 20.6. The smallest absolute Gasteiger partial charge is 0.247 e. The van der Waals surface area contributed by atoms with Crippen LogP contribution in [0.25, 0.3) is 0 Å². The van der Waals surface area contributed by atoms with Gasteiger partial charge in [0.2, 0.25) is 12.7 Å². The minimum Gasteiger partial charge on any atom is -0.454 e. The second kappa shape index (κ2) is 7.68. The first kappa shape index (κ1) is 19.0. The molecule has 8 heteroatoms. The lowest BCUT2D eigenvalue weighted by atomic mass is 9.86. The van der Waals surface area contributed by atoms with E-state index in [1.807, 2.05) is 36.4 Å². The van der Waals surface area contributed by atoms with Gasteiger partial charge in [-0.1, -0.05) is 24.3 Å². The summed E-state index contributed by atoms with van der Waals surface area (Å²) in [6.07, 6.45) is 1.47. The van der Waals surface area contributed by atoms with Crippen molar-refractivity contribution in [3.63, 3.8) is 0 Å². The molecule has 0 saturated carbocycles. The highest BCUT2D eigenvalue weighted by Crippen LogP contribution is 2.36. The van der Waals surface area contributed by atoms with Crippen LogP contribution in [0.4, 0.5) is 5.69 Å². The van der Waals surface area contributed by atoms with E-state index in [4.69, 9.17) is 21.7 Å². The quantitative estimate of drug-likeness (QED) is 0.733. The zero-order valence-electron chi connectivity index (χ0n) is 16.6. The van der Waals surface area contributed by atoms with Crippen LogP contribution < -0.4 is 25.0 Å². The van der Waals surface area contributed by atoms with E-state index < -0.39 is 5.54 Å². The van der Waals surface area contributed by atoms with Gasteiger partial charge in [0.1, 0.15) is 5.54 Å². The fourth-order valence-corrected chi connectivity index (χ4v) is 4.71. The molecule has 0 aliphatic carbocycles. The van der Waals surface area contributed by atoms with Crippen LogP contribution in [-0.2, 0) is 11.3 Å². The number of amides is 1. The summed E-state index contributed by atoms with van der Waals surface area (Å²) in [5.41, 5.74) is 1.67. The van der Waals surface area contributed by atoms with E-state index in [0.29, 0.717) is 18.3 Å². The number of piperidine rings is 1. The Hall–Kier alpha value is -3.00. The van der Waals surface area contributed by atoms with Gasteiger partial charge in [-0.25, -0.2) is 0 Å². The van der Waals surface area contributed by atoms with Crippen molar-refractivity contribution in [2.24, 2.45) is 0 Å². The molecule has 5 rings (SSSR count). The molecule has 3 aliphatic heterocycles. The predicted octanol–water partition coefficient (Wildman–Crippen LogP) is 2.22. The fourth-order valence-electron chi connectivity index (χ4n) is 4.45. The Labute approximate surface area is 180 Å². The van der Waals surface area contributed by atoms with E-state index in [2.05, 4.69) is 32.6 Å². The molecule has 2 saturated heterocycles. The molecule has 0 radical (unpaired) electrons. The average Bonchev–Trinajstić information content (AvgIpc) is 3.38. The van der Waals surface area contributed by atoms with Crippen molar-refractivity contribution in [3.05, 3.63) is 54.1 Å². The number of nitrogens with zero attached hydrogens (tertiary/aromatic N) is 2. The number of hydrogen-bond acceptors (Lipinski definition) is 5. The van der Waals surface area contributed by atoms with Crippen molar-refractivity contribution in [3.8, 4) is 11.5 Å². The first-order valence-electron chi connectivity index (χ1n) is 10.2.